The quantitative estimate of drug-likeness (QED) is 0.291. The summed E-state index contributed by atoms with van der Waals surface area (Å²) in [6, 6.07) is 13.7. The van der Waals surface area contributed by atoms with Gasteiger partial charge in [-0.2, -0.15) is 10.8 Å². The van der Waals surface area contributed by atoms with E-state index in [9.17, 15) is 0 Å². The van der Waals surface area contributed by atoms with Gasteiger partial charge in [-0.3, -0.25) is 0 Å². The molecule has 6 heteroatoms. The average molecular weight is 545 g/mol. The first kappa shape index (κ1) is 29.4. The number of rotatable bonds is 5. The van der Waals surface area contributed by atoms with Crippen LogP contribution >= 0.6 is 18.5 Å². The summed E-state index contributed by atoms with van der Waals surface area (Å²) in [5.74, 6) is 0. The van der Waals surface area contributed by atoms with Gasteiger partial charge in [-0.25, -0.2) is 6.07 Å². The van der Waals surface area contributed by atoms with Crippen molar-refractivity contribution in [1.29, 1.82) is 0 Å². The predicted octanol–water partition coefficient (Wildman–Crippen LogP) is 5.60. The smallest absolute Gasteiger partial charge is 0.0507 e. The van der Waals surface area contributed by atoms with Crippen LogP contribution in [0, 0.1) is 0 Å². The Hall–Kier alpha value is 0.216. The third kappa shape index (κ3) is 6.51. The summed E-state index contributed by atoms with van der Waals surface area (Å²) < 4.78 is 0. The normalized spacial score (nSPS) is 22.9. The summed E-state index contributed by atoms with van der Waals surface area (Å²) in [5, 5.41) is 9.56. The van der Waals surface area contributed by atoms with Crippen molar-refractivity contribution in [3.63, 3.8) is 0 Å². The maximum absolute atomic E-state index is 3.89. The van der Waals surface area contributed by atoms with Crippen molar-refractivity contribution < 1.29 is 17.1 Å². The summed E-state index contributed by atoms with van der Waals surface area (Å²) >= 11 is 0. The Balaban J connectivity index is 0.000000568. The van der Waals surface area contributed by atoms with Gasteiger partial charge >= 0.3 is 0 Å². The molecule has 2 N–H and O–H groups in total. The first-order chi connectivity index (χ1) is 15.0. The monoisotopic (exact) mass is 544 g/mol. The molecule has 0 radical (unpaired) electrons. The standard InChI is InChI=1S/C22H41N2P2Si.C5H5.Fe/c1-21(2,3)20-16(27(4,5)6)13-15(14-25)19(20)22(26,17-9-7-11-23-17)18-10-8-12-24-18;1-2-4-5-3-1;/h13,17-18,23-24H,7-12,14,25-26H2,1-6H3;1-5H;/q-1;-5;. The first-order valence-electron chi connectivity index (χ1n) is 12.5. The van der Waals surface area contributed by atoms with E-state index in [1.807, 2.05) is 30.3 Å². The molecule has 4 atom stereocenters. The minimum absolute atomic E-state index is 0. The van der Waals surface area contributed by atoms with Crippen molar-refractivity contribution in [2.45, 2.75) is 94.9 Å². The molecule has 0 aliphatic carbocycles. The number of hydrogen-bond acceptors (Lipinski definition) is 2. The molecule has 2 nitrogen and oxygen atoms in total. The van der Waals surface area contributed by atoms with Gasteiger partial charge in [-0.05, 0) is 38.8 Å². The summed E-state index contributed by atoms with van der Waals surface area (Å²) in [6.45, 7) is 17.2. The Labute approximate surface area is 219 Å². The van der Waals surface area contributed by atoms with Gasteiger partial charge in [0, 0.05) is 34.3 Å². The predicted molar refractivity (Wildman–Crippen MR) is 153 cm³/mol. The zero-order valence-corrected chi connectivity index (χ0v) is 26.0. The van der Waals surface area contributed by atoms with Gasteiger partial charge < -0.3 is 41.0 Å². The van der Waals surface area contributed by atoms with Gasteiger partial charge in [0.25, 0.3) is 0 Å². The van der Waals surface area contributed by atoms with Gasteiger partial charge in [0.15, 0.2) is 0 Å². The van der Waals surface area contributed by atoms with E-state index in [1.165, 1.54) is 25.7 Å². The minimum atomic E-state index is -1.43. The van der Waals surface area contributed by atoms with Crippen LogP contribution in [0.25, 0.3) is 0 Å². The van der Waals surface area contributed by atoms with E-state index < -0.39 is 8.07 Å². The van der Waals surface area contributed by atoms with Crippen LogP contribution in [0.1, 0.15) is 63.1 Å². The molecule has 192 valence electrons. The van der Waals surface area contributed by atoms with E-state index in [-0.39, 0.29) is 27.6 Å². The van der Waals surface area contributed by atoms with Gasteiger partial charge in [-0.15, -0.1) is 29.6 Å². The Morgan fingerprint density at radius 2 is 1.42 bits per heavy atom. The van der Waals surface area contributed by atoms with Crippen molar-refractivity contribution in [3.05, 3.63) is 53.1 Å². The summed E-state index contributed by atoms with van der Waals surface area (Å²) in [6.07, 6.45) is 6.23. The Morgan fingerprint density at radius 3 is 1.73 bits per heavy atom. The fourth-order valence-electron chi connectivity index (χ4n) is 5.74. The Morgan fingerprint density at radius 1 is 0.970 bits per heavy atom. The van der Waals surface area contributed by atoms with E-state index in [0.29, 0.717) is 12.1 Å². The first-order valence-corrected chi connectivity index (χ1v) is 17.4. The fourth-order valence-corrected chi connectivity index (χ4v) is 8.81. The second kappa shape index (κ2) is 12.0. The van der Waals surface area contributed by atoms with Crippen LogP contribution in [0.15, 0.2) is 36.4 Å². The third-order valence-corrected chi connectivity index (χ3v) is 10.7. The molecule has 0 amide bonds. The van der Waals surface area contributed by atoms with Crippen LogP contribution in [0.4, 0.5) is 0 Å². The van der Waals surface area contributed by atoms with E-state index in [2.05, 4.69) is 75.6 Å². The summed E-state index contributed by atoms with van der Waals surface area (Å²) in [5.41, 5.74) is 5.06. The van der Waals surface area contributed by atoms with Crippen LogP contribution in [0.3, 0.4) is 0 Å². The number of nitrogens with one attached hydrogen (secondary N) is 2. The molecule has 4 rings (SSSR count). The largest absolute Gasteiger partial charge is 0.748 e. The van der Waals surface area contributed by atoms with Crippen LogP contribution in [0.2, 0.25) is 19.6 Å². The van der Waals surface area contributed by atoms with Crippen molar-refractivity contribution in [2.24, 2.45) is 0 Å². The molecular formula is C27H46FeN2P2Si-6. The molecule has 2 heterocycles. The van der Waals surface area contributed by atoms with Crippen LogP contribution in [-0.4, -0.2) is 33.2 Å². The van der Waals surface area contributed by atoms with Crippen molar-refractivity contribution in [2.75, 3.05) is 13.1 Å². The SMILES string of the molecule is CC(C)(C)[c-]1c([Si](C)(C)C)cc(CP)c1C(P)(C1CCCN1)C1CCCN1.[Fe].[cH-]1[cH-][cH-][cH-][cH-]1. The molecule has 4 unspecified atom stereocenters. The van der Waals surface area contributed by atoms with Gasteiger partial charge in [-0.1, -0.05) is 52.0 Å². The molecule has 2 fully saturated rings. The van der Waals surface area contributed by atoms with E-state index in [4.69, 9.17) is 0 Å². The zero-order valence-electron chi connectivity index (χ0n) is 21.6. The van der Waals surface area contributed by atoms with E-state index in [1.54, 1.807) is 21.9 Å². The zero-order chi connectivity index (χ0) is 23.6. The third-order valence-electron chi connectivity index (χ3n) is 7.20. The molecular weight excluding hydrogens is 498 g/mol. The maximum Gasteiger partial charge on any atom is 0.0507 e. The topological polar surface area (TPSA) is 24.1 Å². The number of hydrogen-bond donors (Lipinski definition) is 2. The maximum atomic E-state index is 3.89. The summed E-state index contributed by atoms with van der Waals surface area (Å²) in [7, 11) is 5.01. The molecule has 2 aromatic rings. The van der Waals surface area contributed by atoms with Gasteiger partial charge in [0.05, 0.1) is 8.07 Å². The second-order valence-electron chi connectivity index (χ2n) is 11.7. The second-order valence-corrected chi connectivity index (χ2v) is 18.1. The molecule has 0 saturated carbocycles. The van der Waals surface area contributed by atoms with Gasteiger partial charge in [0.1, 0.15) is 0 Å². The van der Waals surface area contributed by atoms with Crippen molar-refractivity contribution in [1.82, 2.24) is 10.6 Å². The van der Waals surface area contributed by atoms with Gasteiger partial charge in [0.2, 0.25) is 0 Å². The average Bonchev–Trinajstić information content (AvgIpc) is 3.51. The van der Waals surface area contributed by atoms with E-state index in [0.717, 1.165) is 19.3 Å². The molecule has 2 aliphatic heterocycles. The fraction of sp³-hybridized carbons (Fsp3) is 0.630. The molecule has 0 spiro atoms. The molecule has 2 aromatic carbocycles. The van der Waals surface area contributed by atoms with Crippen LogP contribution < -0.4 is 15.8 Å². The molecule has 2 aliphatic rings. The Bertz CT molecular complexity index is 804. The van der Waals surface area contributed by atoms with Crippen LogP contribution in [0.5, 0.6) is 0 Å². The van der Waals surface area contributed by atoms with Crippen molar-refractivity contribution >= 4 is 31.7 Å². The molecule has 2 saturated heterocycles. The molecule has 0 bridgehead atoms. The van der Waals surface area contributed by atoms with Crippen LogP contribution in [-0.2, 0) is 33.8 Å². The Kier molecular flexibility index (Phi) is 10.7. The van der Waals surface area contributed by atoms with Crippen molar-refractivity contribution in [3.8, 4) is 0 Å². The molecule has 33 heavy (non-hydrogen) atoms. The molecule has 0 aromatic heterocycles. The minimum Gasteiger partial charge on any atom is -0.748 e. The van der Waals surface area contributed by atoms with E-state index >= 15 is 0 Å². The summed E-state index contributed by atoms with van der Waals surface area (Å²) in [4.78, 5) is 0.